The second kappa shape index (κ2) is 4.65. The minimum absolute atomic E-state index is 0.113. The van der Waals surface area contributed by atoms with Gasteiger partial charge in [-0.3, -0.25) is 0 Å². The number of para-hydroxylation sites is 1. The molecule has 6 heteroatoms. The van der Waals surface area contributed by atoms with Crippen LogP contribution >= 0.6 is 0 Å². The third kappa shape index (κ3) is 2.41. The zero-order chi connectivity index (χ0) is 12.3. The minimum Gasteiger partial charge on any atom is -0.486 e. The molecule has 17 heavy (non-hydrogen) atoms. The third-order valence-corrected chi connectivity index (χ3v) is 2.23. The Labute approximate surface area is 96.8 Å². The third-order valence-electron chi connectivity index (χ3n) is 2.23. The highest BCUT2D eigenvalue weighted by molar-refractivity contribution is 5.90. The van der Waals surface area contributed by atoms with Gasteiger partial charge in [0, 0.05) is 0 Å². The Balaban J connectivity index is 2.14. The number of hydrogen-bond acceptors (Lipinski definition) is 5. The fraction of sp³-hybridized carbons (Fsp3) is 0.182. The topological polar surface area (TPSA) is 85.5 Å². The molecular formula is C11H10N2O4. The van der Waals surface area contributed by atoms with E-state index in [2.05, 4.69) is 14.9 Å². The maximum atomic E-state index is 10.9. The van der Waals surface area contributed by atoms with Gasteiger partial charge in [0.15, 0.2) is 0 Å². The van der Waals surface area contributed by atoms with Crippen LogP contribution in [0.4, 0.5) is 0 Å². The van der Waals surface area contributed by atoms with E-state index in [1.54, 1.807) is 25.1 Å². The van der Waals surface area contributed by atoms with Crippen molar-refractivity contribution in [2.45, 2.75) is 13.5 Å². The van der Waals surface area contributed by atoms with E-state index in [1.807, 2.05) is 0 Å². The molecule has 0 saturated heterocycles. The van der Waals surface area contributed by atoms with E-state index in [-0.39, 0.29) is 12.2 Å². The minimum atomic E-state index is -1.03. The molecule has 1 aromatic heterocycles. The number of carboxylic acid groups (broad SMARTS) is 1. The maximum absolute atomic E-state index is 10.9. The molecule has 0 aliphatic rings. The molecule has 0 bridgehead atoms. The second-order valence-electron chi connectivity index (χ2n) is 3.39. The van der Waals surface area contributed by atoms with Crippen LogP contribution in [0.25, 0.3) is 0 Å². The average molecular weight is 234 g/mol. The van der Waals surface area contributed by atoms with Gasteiger partial charge in [-0.1, -0.05) is 22.4 Å². The lowest BCUT2D eigenvalue weighted by atomic mass is 10.2. The van der Waals surface area contributed by atoms with Crippen LogP contribution in [0.15, 0.2) is 28.9 Å². The highest BCUT2D eigenvalue weighted by atomic mass is 16.6. The Morgan fingerprint density at radius 3 is 2.82 bits per heavy atom. The average Bonchev–Trinajstić information content (AvgIpc) is 2.72. The molecule has 6 nitrogen and oxygen atoms in total. The Bertz CT molecular complexity index is 536. The number of ether oxygens (including phenoxy) is 1. The summed E-state index contributed by atoms with van der Waals surface area (Å²) in [6.07, 6.45) is 0. The van der Waals surface area contributed by atoms with Crippen molar-refractivity contribution in [3.63, 3.8) is 0 Å². The SMILES string of the molecule is Cc1nonc1COc1ccccc1C(=O)O. The zero-order valence-corrected chi connectivity index (χ0v) is 9.08. The van der Waals surface area contributed by atoms with E-state index in [0.29, 0.717) is 17.1 Å². The number of aryl methyl sites for hydroxylation is 1. The van der Waals surface area contributed by atoms with Crippen LogP contribution in [0.1, 0.15) is 21.7 Å². The van der Waals surface area contributed by atoms with Gasteiger partial charge in [0.1, 0.15) is 29.3 Å². The van der Waals surface area contributed by atoms with Crippen LogP contribution in [-0.2, 0) is 6.61 Å². The first-order chi connectivity index (χ1) is 8.18. The van der Waals surface area contributed by atoms with Crippen molar-refractivity contribution >= 4 is 5.97 Å². The molecule has 0 spiro atoms. The quantitative estimate of drug-likeness (QED) is 0.865. The molecule has 0 saturated carbocycles. The van der Waals surface area contributed by atoms with Crippen molar-refractivity contribution < 1.29 is 19.3 Å². The van der Waals surface area contributed by atoms with Crippen LogP contribution in [0.2, 0.25) is 0 Å². The summed E-state index contributed by atoms with van der Waals surface area (Å²) in [6, 6.07) is 6.41. The smallest absolute Gasteiger partial charge is 0.339 e. The van der Waals surface area contributed by atoms with Gasteiger partial charge < -0.3 is 9.84 Å². The lowest BCUT2D eigenvalue weighted by Crippen LogP contribution is -2.04. The fourth-order valence-electron chi connectivity index (χ4n) is 1.30. The van der Waals surface area contributed by atoms with E-state index in [1.165, 1.54) is 6.07 Å². The summed E-state index contributed by atoms with van der Waals surface area (Å²) in [5.41, 5.74) is 1.28. The van der Waals surface area contributed by atoms with Crippen molar-refractivity contribution in [3.05, 3.63) is 41.2 Å². The molecule has 2 aromatic rings. The second-order valence-corrected chi connectivity index (χ2v) is 3.39. The molecule has 2 rings (SSSR count). The summed E-state index contributed by atoms with van der Waals surface area (Å²) >= 11 is 0. The van der Waals surface area contributed by atoms with E-state index in [9.17, 15) is 4.79 Å². The lowest BCUT2D eigenvalue weighted by molar-refractivity contribution is 0.0691. The normalized spacial score (nSPS) is 10.2. The van der Waals surface area contributed by atoms with Crippen LogP contribution in [0.3, 0.4) is 0 Å². The Hall–Kier alpha value is -2.37. The molecule has 0 atom stereocenters. The van der Waals surface area contributed by atoms with E-state index >= 15 is 0 Å². The summed E-state index contributed by atoms with van der Waals surface area (Å²) in [5, 5.41) is 16.2. The summed E-state index contributed by atoms with van der Waals surface area (Å²) in [6.45, 7) is 1.86. The number of hydrogen-bond donors (Lipinski definition) is 1. The van der Waals surface area contributed by atoms with Crippen molar-refractivity contribution in [2.75, 3.05) is 0 Å². The number of carboxylic acids is 1. The monoisotopic (exact) mass is 234 g/mol. The molecular weight excluding hydrogens is 224 g/mol. The van der Waals surface area contributed by atoms with Gasteiger partial charge in [0.2, 0.25) is 0 Å². The van der Waals surface area contributed by atoms with Gasteiger partial charge in [-0.15, -0.1) is 0 Å². The van der Waals surface area contributed by atoms with Crippen LogP contribution in [0, 0.1) is 6.92 Å². The predicted molar refractivity (Wildman–Crippen MR) is 56.8 cm³/mol. The van der Waals surface area contributed by atoms with E-state index < -0.39 is 5.97 Å². The molecule has 88 valence electrons. The Morgan fingerprint density at radius 2 is 2.18 bits per heavy atom. The number of aromatic carboxylic acids is 1. The van der Waals surface area contributed by atoms with Gasteiger partial charge in [0.25, 0.3) is 0 Å². The van der Waals surface area contributed by atoms with Crippen LogP contribution < -0.4 is 4.74 Å². The summed E-state index contributed by atoms with van der Waals surface area (Å²) in [7, 11) is 0. The van der Waals surface area contributed by atoms with Crippen molar-refractivity contribution in [2.24, 2.45) is 0 Å². The molecule has 0 aliphatic heterocycles. The molecule has 1 heterocycles. The van der Waals surface area contributed by atoms with Gasteiger partial charge in [-0.05, 0) is 19.1 Å². The summed E-state index contributed by atoms with van der Waals surface area (Å²) < 4.78 is 9.90. The molecule has 0 radical (unpaired) electrons. The molecule has 1 N–H and O–H groups in total. The van der Waals surface area contributed by atoms with Gasteiger partial charge in [0.05, 0.1) is 0 Å². The van der Waals surface area contributed by atoms with Crippen molar-refractivity contribution in [1.82, 2.24) is 10.3 Å². The van der Waals surface area contributed by atoms with Gasteiger partial charge >= 0.3 is 5.97 Å². The van der Waals surface area contributed by atoms with Gasteiger partial charge in [-0.25, -0.2) is 9.42 Å². The first-order valence-corrected chi connectivity index (χ1v) is 4.91. The van der Waals surface area contributed by atoms with E-state index in [0.717, 1.165) is 0 Å². The highest BCUT2D eigenvalue weighted by Crippen LogP contribution is 2.19. The number of carbonyl (C=O) groups is 1. The highest BCUT2D eigenvalue weighted by Gasteiger charge is 2.12. The van der Waals surface area contributed by atoms with Crippen molar-refractivity contribution in [1.29, 1.82) is 0 Å². The zero-order valence-electron chi connectivity index (χ0n) is 9.08. The molecule has 0 unspecified atom stereocenters. The van der Waals surface area contributed by atoms with Crippen molar-refractivity contribution in [3.8, 4) is 5.75 Å². The first kappa shape index (κ1) is 11.1. The van der Waals surface area contributed by atoms with Crippen LogP contribution in [0.5, 0.6) is 5.75 Å². The molecule has 0 aliphatic carbocycles. The predicted octanol–water partition coefficient (Wildman–Crippen LogP) is 1.66. The number of nitrogens with zero attached hydrogens (tertiary/aromatic N) is 2. The summed E-state index contributed by atoms with van der Waals surface area (Å²) in [4.78, 5) is 10.9. The number of benzene rings is 1. The Morgan fingerprint density at radius 1 is 1.41 bits per heavy atom. The standard InChI is InChI=1S/C11H10N2O4/c1-7-9(13-17-12-7)6-16-10-5-3-2-4-8(10)11(14)15/h2-5H,6H2,1H3,(H,14,15). The molecule has 0 amide bonds. The van der Waals surface area contributed by atoms with Crippen LogP contribution in [-0.4, -0.2) is 21.4 Å². The molecule has 1 aromatic carbocycles. The number of aromatic nitrogens is 2. The molecule has 0 fully saturated rings. The fourth-order valence-corrected chi connectivity index (χ4v) is 1.30. The lowest BCUT2D eigenvalue weighted by Gasteiger charge is -2.06. The number of rotatable bonds is 4. The first-order valence-electron chi connectivity index (χ1n) is 4.91. The van der Waals surface area contributed by atoms with Gasteiger partial charge in [-0.2, -0.15) is 0 Å². The summed E-state index contributed by atoms with van der Waals surface area (Å²) in [5.74, 6) is -0.738. The largest absolute Gasteiger partial charge is 0.486 e. The maximum Gasteiger partial charge on any atom is 0.339 e. The van der Waals surface area contributed by atoms with E-state index in [4.69, 9.17) is 9.84 Å². The Kier molecular flexibility index (Phi) is 3.04.